The number of hydrogen-bond donors (Lipinski definition) is 0. The molecule has 2 heterocycles. The van der Waals surface area contributed by atoms with E-state index in [1.54, 1.807) is 0 Å². The van der Waals surface area contributed by atoms with Gasteiger partial charge < -0.3 is 4.74 Å². The van der Waals surface area contributed by atoms with Gasteiger partial charge in [-0.15, -0.1) is 0 Å². The van der Waals surface area contributed by atoms with E-state index in [0.717, 1.165) is 6.04 Å². The van der Waals surface area contributed by atoms with Crippen molar-refractivity contribution in [2.75, 3.05) is 33.3 Å². The molecule has 2 rings (SSSR count). The Hall–Kier alpha value is -0.120. The van der Waals surface area contributed by atoms with Crippen LogP contribution in [0.1, 0.15) is 33.6 Å². The van der Waals surface area contributed by atoms with Crippen LogP contribution in [-0.2, 0) is 4.74 Å². The molecule has 0 atom stereocenters. The fourth-order valence-corrected chi connectivity index (χ4v) is 2.71. The highest BCUT2D eigenvalue weighted by atomic mass is 16.5. The van der Waals surface area contributed by atoms with Gasteiger partial charge in [0.2, 0.25) is 0 Å². The van der Waals surface area contributed by atoms with Crippen LogP contribution in [0.2, 0.25) is 0 Å². The van der Waals surface area contributed by atoms with E-state index in [1.807, 2.05) is 7.11 Å². The molecule has 3 nitrogen and oxygen atoms in total. The Morgan fingerprint density at radius 3 is 2.19 bits per heavy atom. The minimum atomic E-state index is 0.137. The Labute approximate surface area is 99.7 Å². The van der Waals surface area contributed by atoms with E-state index in [-0.39, 0.29) is 5.60 Å². The lowest BCUT2D eigenvalue weighted by Gasteiger charge is -2.50. The van der Waals surface area contributed by atoms with Crippen LogP contribution in [0.3, 0.4) is 0 Å². The number of rotatable bonds is 3. The highest BCUT2D eigenvalue weighted by molar-refractivity contribution is 4.93. The van der Waals surface area contributed by atoms with Gasteiger partial charge in [-0.1, -0.05) is 0 Å². The molecular formula is C13H26N2O. The molecule has 0 aromatic rings. The molecule has 94 valence electrons. The van der Waals surface area contributed by atoms with Gasteiger partial charge in [0.15, 0.2) is 0 Å². The molecule has 0 spiro atoms. The molecule has 0 saturated carbocycles. The summed E-state index contributed by atoms with van der Waals surface area (Å²) in [7, 11) is 1.85. The van der Waals surface area contributed by atoms with Gasteiger partial charge in [0.25, 0.3) is 0 Å². The second-order valence-corrected chi connectivity index (χ2v) is 5.89. The van der Waals surface area contributed by atoms with Crippen molar-refractivity contribution in [2.24, 2.45) is 0 Å². The molecule has 2 saturated heterocycles. The van der Waals surface area contributed by atoms with E-state index in [2.05, 4.69) is 30.6 Å². The van der Waals surface area contributed by atoms with Crippen LogP contribution in [0.4, 0.5) is 0 Å². The van der Waals surface area contributed by atoms with Gasteiger partial charge in [0, 0.05) is 45.4 Å². The van der Waals surface area contributed by atoms with Gasteiger partial charge >= 0.3 is 0 Å². The number of methoxy groups -OCH3 is 1. The van der Waals surface area contributed by atoms with Gasteiger partial charge in [-0.2, -0.15) is 0 Å². The number of ether oxygens (including phenoxy) is 1. The molecule has 2 aliphatic rings. The topological polar surface area (TPSA) is 15.7 Å². The summed E-state index contributed by atoms with van der Waals surface area (Å²) in [6, 6.07) is 1.52. The monoisotopic (exact) mass is 226 g/mol. The van der Waals surface area contributed by atoms with E-state index in [4.69, 9.17) is 4.74 Å². The fourth-order valence-electron chi connectivity index (χ4n) is 2.71. The molecule has 3 heteroatoms. The highest BCUT2D eigenvalue weighted by Crippen LogP contribution is 2.28. The molecule has 0 N–H and O–H groups in total. The van der Waals surface area contributed by atoms with Crippen LogP contribution >= 0.6 is 0 Å². The van der Waals surface area contributed by atoms with Crippen LogP contribution in [0.5, 0.6) is 0 Å². The third-order valence-corrected chi connectivity index (χ3v) is 4.49. The van der Waals surface area contributed by atoms with Crippen molar-refractivity contribution in [1.29, 1.82) is 0 Å². The van der Waals surface area contributed by atoms with Crippen molar-refractivity contribution in [2.45, 2.75) is 51.3 Å². The number of piperidine rings is 1. The summed E-state index contributed by atoms with van der Waals surface area (Å²) in [6.45, 7) is 11.8. The third kappa shape index (κ3) is 2.41. The van der Waals surface area contributed by atoms with E-state index in [0.29, 0.717) is 6.04 Å². The lowest BCUT2D eigenvalue weighted by atomic mass is 9.91. The third-order valence-electron chi connectivity index (χ3n) is 4.49. The van der Waals surface area contributed by atoms with Crippen molar-refractivity contribution in [3.05, 3.63) is 0 Å². The van der Waals surface area contributed by atoms with E-state index in [9.17, 15) is 0 Å². The first-order valence-electron chi connectivity index (χ1n) is 6.57. The Morgan fingerprint density at radius 1 is 1.19 bits per heavy atom. The standard InChI is InChI=1S/C13H26N2O/c1-11(2)15-9-12(10-15)14-7-5-13(3,16-4)6-8-14/h11-12H,5-10H2,1-4H3. The predicted molar refractivity (Wildman–Crippen MR) is 66.7 cm³/mol. The molecular weight excluding hydrogens is 200 g/mol. The zero-order chi connectivity index (χ0) is 11.8. The lowest BCUT2D eigenvalue weighted by Crippen LogP contribution is -2.63. The Balaban J connectivity index is 1.75. The van der Waals surface area contributed by atoms with Crippen molar-refractivity contribution in [3.8, 4) is 0 Å². The summed E-state index contributed by atoms with van der Waals surface area (Å²) in [5.74, 6) is 0. The summed E-state index contributed by atoms with van der Waals surface area (Å²) < 4.78 is 5.58. The summed E-state index contributed by atoms with van der Waals surface area (Å²) in [5, 5.41) is 0. The molecule has 0 aromatic carbocycles. The second-order valence-electron chi connectivity index (χ2n) is 5.89. The molecule has 0 aromatic heterocycles. The molecule has 0 aliphatic carbocycles. The molecule has 0 amide bonds. The van der Waals surface area contributed by atoms with Gasteiger partial charge in [0.05, 0.1) is 5.60 Å². The molecule has 2 aliphatic heterocycles. The maximum Gasteiger partial charge on any atom is 0.0675 e. The average molecular weight is 226 g/mol. The Kier molecular flexibility index (Phi) is 3.57. The summed E-state index contributed by atoms with van der Waals surface area (Å²) in [4.78, 5) is 5.20. The molecule has 0 unspecified atom stereocenters. The number of hydrogen-bond acceptors (Lipinski definition) is 3. The Bertz CT molecular complexity index is 228. The van der Waals surface area contributed by atoms with E-state index < -0.39 is 0 Å². The average Bonchev–Trinajstić information content (AvgIpc) is 2.18. The molecule has 0 bridgehead atoms. The maximum absolute atomic E-state index is 5.58. The second kappa shape index (κ2) is 4.63. The lowest BCUT2D eigenvalue weighted by molar-refractivity contribution is -0.0716. The minimum Gasteiger partial charge on any atom is -0.378 e. The zero-order valence-electron chi connectivity index (χ0n) is 11.2. The van der Waals surface area contributed by atoms with E-state index in [1.165, 1.54) is 39.0 Å². The van der Waals surface area contributed by atoms with Gasteiger partial charge in [0.1, 0.15) is 0 Å². The number of nitrogens with zero attached hydrogens (tertiary/aromatic N) is 2. The summed E-state index contributed by atoms with van der Waals surface area (Å²) in [5.41, 5.74) is 0.137. The first-order valence-corrected chi connectivity index (χ1v) is 6.57. The van der Waals surface area contributed by atoms with Crippen LogP contribution in [0.15, 0.2) is 0 Å². The van der Waals surface area contributed by atoms with Gasteiger partial charge in [-0.3, -0.25) is 9.80 Å². The van der Waals surface area contributed by atoms with Crippen molar-refractivity contribution < 1.29 is 4.74 Å². The minimum absolute atomic E-state index is 0.137. The van der Waals surface area contributed by atoms with Crippen molar-refractivity contribution >= 4 is 0 Å². The van der Waals surface area contributed by atoms with Crippen LogP contribution in [-0.4, -0.2) is 60.8 Å². The normalized spacial score (nSPS) is 28.3. The Morgan fingerprint density at radius 2 is 1.75 bits per heavy atom. The summed E-state index contributed by atoms with van der Waals surface area (Å²) in [6.07, 6.45) is 2.36. The van der Waals surface area contributed by atoms with Crippen LogP contribution < -0.4 is 0 Å². The molecule has 2 fully saturated rings. The molecule has 16 heavy (non-hydrogen) atoms. The summed E-state index contributed by atoms with van der Waals surface area (Å²) >= 11 is 0. The first-order chi connectivity index (χ1) is 7.54. The SMILES string of the molecule is COC1(C)CCN(C2CN(C(C)C)C2)CC1. The smallest absolute Gasteiger partial charge is 0.0675 e. The van der Waals surface area contributed by atoms with Crippen LogP contribution in [0, 0.1) is 0 Å². The molecule has 0 radical (unpaired) electrons. The van der Waals surface area contributed by atoms with Gasteiger partial charge in [-0.05, 0) is 33.6 Å². The fraction of sp³-hybridized carbons (Fsp3) is 1.00. The van der Waals surface area contributed by atoms with E-state index >= 15 is 0 Å². The zero-order valence-corrected chi connectivity index (χ0v) is 11.2. The van der Waals surface area contributed by atoms with Crippen molar-refractivity contribution in [3.63, 3.8) is 0 Å². The largest absolute Gasteiger partial charge is 0.378 e. The first kappa shape index (κ1) is 12.3. The predicted octanol–water partition coefficient (Wildman–Crippen LogP) is 1.58. The quantitative estimate of drug-likeness (QED) is 0.726. The highest BCUT2D eigenvalue weighted by Gasteiger charge is 2.37. The van der Waals surface area contributed by atoms with Gasteiger partial charge in [-0.25, -0.2) is 0 Å². The number of likely N-dealkylation sites (tertiary alicyclic amines) is 2. The van der Waals surface area contributed by atoms with Crippen molar-refractivity contribution in [1.82, 2.24) is 9.80 Å². The maximum atomic E-state index is 5.58. The van der Waals surface area contributed by atoms with Crippen LogP contribution in [0.25, 0.3) is 0 Å².